The van der Waals surface area contributed by atoms with Crippen molar-refractivity contribution in [3.8, 4) is 5.75 Å². The third-order valence-corrected chi connectivity index (χ3v) is 4.54. The first kappa shape index (κ1) is 14.7. The van der Waals surface area contributed by atoms with Crippen LogP contribution in [0.3, 0.4) is 0 Å². The highest BCUT2D eigenvalue weighted by Crippen LogP contribution is 2.32. The number of benzene rings is 1. The summed E-state index contributed by atoms with van der Waals surface area (Å²) < 4.78 is 11.7. The van der Waals surface area contributed by atoms with Gasteiger partial charge in [0.2, 0.25) is 0 Å². The fourth-order valence-corrected chi connectivity index (χ4v) is 2.29. The molecule has 0 amide bonds. The summed E-state index contributed by atoms with van der Waals surface area (Å²) in [6, 6.07) is 3.32. The van der Waals surface area contributed by atoms with Crippen LogP contribution in [0.25, 0.3) is 0 Å². The molecule has 0 saturated carbocycles. The molecule has 0 aromatic heterocycles. The average Bonchev–Trinajstić information content (AvgIpc) is 2.31. The van der Waals surface area contributed by atoms with E-state index in [0.29, 0.717) is 22.4 Å². The molecule has 1 N–H and O–H groups in total. The Hall–Kier alpha value is -0.340. The molecule has 0 aliphatic heterocycles. The van der Waals surface area contributed by atoms with Gasteiger partial charge in [-0.1, -0.05) is 0 Å². The molecular weight excluding hydrogens is 403 g/mol. The Morgan fingerprint density at radius 2 is 2.24 bits per heavy atom. The summed E-state index contributed by atoms with van der Waals surface area (Å²) in [6.45, 7) is 2.27. The lowest BCUT2D eigenvalue weighted by molar-refractivity contribution is 0.0525. The van der Waals surface area contributed by atoms with Crippen LogP contribution in [0.2, 0.25) is 0 Å². The molecule has 6 heteroatoms. The number of aliphatic hydroxyl groups excluding tert-OH is 1. The Kier molecular flexibility index (Phi) is 6.21. The Labute approximate surface area is 122 Å². The summed E-state index contributed by atoms with van der Waals surface area (Å²) in [5.74, 6) is 0.239. The minimum atomic E-state index is -0.355. The lowest BCUT2D eigenvalue weighted by atomic mass is 10.2. The standard InChI is InChI=1S/C11H12BrIO4/c1-2-16-11(15)7-3-4-8(17-6-5-14)9(12)10(7)13/h3-4,14H,2,5-6H2,1H3. The summed E-state index contributed by atoms with van der Waals surface area (Å²) in [4.78, 5) is 11.6. The van der Waals surface area contributed by atoms with E-state index in [-0.39, 0.29) is 19.2 Å². The second-order valence-corrected chi connectivity index (χ2v) is 4.90. The number of ether oxygens (including phenoxy) is 2. The summed E-state index contributed by atoms with van der Waals surface area (Å²) in [5, 5.41) is 8.68. The minimum Gasteiger partial charge on any atom is -0.490 e. The maximum Gasteiger partial charge on any atom is 0.339 e. The van der Waals surface area contributed by atoms with E-state index in [1.54, 1.807) is 19.1 Å². The maximum absolute atomic E-state index is 11.6. The lowest BCUT2D eigenvalue weighted by Crippen LogP contribution is -2.08. The van der Waals surface area contributed by atoms with Crippen LogP contribution in [-0.4, -0.2) is 30.9 Å². The van der Waals surface area contributed by atoms with Gasteiger partial charge in [0.25, 0.3) is 0 Å². The summed E-state index contributed by atoms with van der Waals surface area (Å²) in [7, 11) is 0. The van der Waals surface area contributed by atoms with Crippen LogP contribution in [0.1, 0.15) is 17.3 Å². The zero-order valence-electron chi connectivity index (χ0n) is 9.20. The topological polar surface area (TPSA) is 55.8 Å². The number of aliphatic hydroxyl groups is 1. The van der Waals surface area contributed by atoms with Gasteiger partial charge >= 0.3 is 5.97 Å². The normalized spacial score (nSPS) is 10.1. The van der Waals surface area contributed by atoms with E-state index in [1.807, 2.05) is 22.6 Å². The van der Waals surface area contributed by atoms with Gasteiger partial charge in [-0.25, -0.2) is 4.79 Å². The van der Waals surface area contributed by atoms with E-state index in [1.165, 1.54) is 0 Å². The molecule has 0 spiro atoms. The molecule has 4 nitrogen and oxygen atoms in total. The van der Waals surface area contributed by atoms with E-state index in [9.17, 15) is 4.79 Å². The number of hydrogen-bond donors (Lipinski definition) is 1. The van der Waals surface area contributed by atoms with Crippen molar-refractivity contribution in [1.29, 1.82) is 0 Å². The van der Waals surface area contributed by atoms with E-state index < -0.39 is 0 Å². The zero-order valence-corrected chi connectivity index (χ0v) is 12.9. The van der Waals surface area contributed by atoms with E-state index in [4.69, 9.17) is 14.6 Å². The number of esters is 1. The first-order valence-electron chi connectivity index (χ1n) is 5.00. The lowest BCUT2D eigenvalue weighted by Gasteiger charge is -2.11. The van der Waals surface area contributed by atoms with Crippen molar-refractivity contribution in [1.82, 2.24) is 0 Å². The molecule has 0 saturated heterocycles. The Bertz CT molecular complexity index is 409. The number of halogens is 2. The van der Waals surface area contributed by atoms with Crippen LogP contribution in [0.4, 0.5) is 0 Å². The van der Waals surface area contributed by atoms with Gasteiger partial charge in [0.1, 0.15) is 12.4 Å². The van der Waals surface area contributed by atoms with Crippen LogP contribution in [-0.2, 0) is 4.74 Å². The predicted molar refractivity (Wildman–Crippen MR) is 75.4 cm³/mol. The molecular formula is C11H12BrIO4. The van der Waals surface area contributed by atoms with Crippen molar-refractivity contribution in [3.05, 3.63) is 25.7 Å². The first-order valence-corrected chi connectivity index (χ1v) is 6.87. The molecule has 1 aromatic carbocycles. The fourth-order valence-electron chi connectivity index (χ4n) is 1.17. The zero-order chi connectivity index (χ0) is 12.8. The van der Waals surface area contributed by atoms with Crippen LogP contribution in [0.15, 0.2) is 16.6 Å². The first-order chi connectivity index (χ1) is 8.11. The van der Waals surface area contributed by atoms with Gasteiger partial charge in [0.05, 0.1) is 23.2 Å². The smallest absolute Gasteiger partial charge is 0.339 e. The minimum absolute atomic E-state index is 0.0529. The van der Waals surface area contributed by atoms with Gasteiger partial charge in [-0.2, -0.15) is 0 Å². The van der Waals surface area contributed by atoms with Gasteiger partial charge in [-0.15, -0.1) is 0 Å². The number of carbonyl (C=O) groups is 1. The fraction of sp³-hybridized carbons (Fsp3) is 0.364. The second kappa shape index (κ2) is 7.17. The molecule has 0 bridgehead atoms. The third kappa shape index (κ3) is 3.82. The number of hydrogen-bond acceptors (Lipinski definition) is 4. The molecule has 0 atom stereocenters. The largest absolute Gasteiger partial charge is 0.490 e. The highest BCUT2D eigenvalue weighted by molar-refractivity contribution is 14.1. The van der Waals surface area contributed by atoms with Gasteiger partial charge in [-0.05, 0) is 57.6 Å². The molecule has 0 unspecified atom stereocenters. The molecule has 1 rings (SSSR count). The summed E-state index contributed by atoms with van der Waals surface area (Å²) in [6.07, 6.45) is 0. The molecule has 1 aromatic rings. The van der Waals surface area contributed by atoms with Crippen molar-refractivity contribution >= 4 is 44.5 Å². The molecule has 17 heavy (non-hydrogen) atoms. The molecule has 0 aliphatic carbocycles. The van der Waals surface area contributed by atoms with Gasteiger partial charge in [-0.3, -0.25) is 0 Å². The number of carbonyl (C=O) groups excluding carboxylic acids is 1. The van der Waals surface area contributed by atoms with Crippen molar-refractivity contribution in [2.45, 2.75) is 6.92 Å². The molecule has 0 radical (unpaired) electrons. The third-order valence-electron chi connectivity index (χ3n) is 1.89. The van der Waals surface area contributed by atoms with Crippen LogP contribution < -0.4 is 4.74 Å². The van der Waals surface area contributed by atoms with Crippen molar-refractivity contribution in [2.24, 2.45) is 0 Å². The Balaban J connectivity index is 2.97. The van der Waals surface area contributed by atoms with Crippen molar-refractivity contribution in [3.63, 3.8) is 0 Å². The van der Waals surface area contributed by atoms with Gasteiger partial charge in [0, 0.05) is 3.57 Å². The Morgan fingerprint density at radius 3 is 2.82 bits per heavy atom. The van der Waals surface area contributed by atoms with Crippen molar-refractivity contribution < 1.29 is 19.4 Å². The number of rotatable bonds is 5. The highest BCUT2D eigenvalue weighted by atomic mass is 127. The summed E-state index contributed by atoms with van der Waals surface area (Å²) >= 11 is 5.41. The van der Waals surface area contributed by atoms with Gasteiger partial charge < -0.3 is 14.6 Å². The SMILES string of the molecule is CCOC(=O)c1ccc(OCCO)c(Br)c1I. The molecule has 94 valence electrons. The van der Waals surface area contributed by atoms with E-state index in [0.717, 1.165) is 3.57 Å². The van der Waals surface area contributed by atoms with E-state index in [2.05, 4.69) is 15.9 Å². The summed E-state index contributed by atoms with van der Waals surface area (Å²) in [5.41, 5.74) is 0.496. The quantitative estimate of drug-likeness (QED) is 0.594. The monoisotopic (exact) mass is 414 g/mol. The highest BCUT2D eigenvalue weighted by Gasteiger charge is 2.16. The molecule has 0 heterocycles. The molecule has 0 aliphatic rings. The van der Waals surface area contributed by atoms with E-state index >= 15 is 0 Å². The Morgan fingerprint density at radius 1 is 1.53 bits per heavy atom. The predicted octanol–water partition coefficient (Wildman–Crippen LogP) is 2.60. The average molecular weight is 415 g/mol. The van der Waals surface area contributed by atoms with Crippen molar-refractivity contribution in [2.75, 3.05) is 19.8 Å². The van der Waals surface area contributed by atoms with Crippen LogP contribution in [0, 0.1) is 3.57 Å². The van der Waals surface area contributed by atoms with Gasteiger partial charge in [0.15, 0.2) is 0 Å². The van der Waals surface area contributed by atoms with Crippen LogP contribution >= 0.6 is 38.5 Å². The van der Waals surface area contributed by atoms with Crippen LogP contribution in [0.5, 0.6) is 5.75 Å². The molecule has 0 fully saturated rings. The maximum atomic E-state index is 11.6. The second-order valence-electron chi connectivity index (χ2n) is 3.03.